The van der Waals surface area contributed by atoms with E-state index >= 15 is 0 Å². The predicted octanol–water partition coefficient (Wildman–Crippen LogP) is 2.26. The van der Waals surface area contributed by atoms with Crippen molar-refractivity contribution in [1.29, 1.82) is 0 Å². The molecule has 4 nitrogen and oxygen atoms in total. The van der Waals surface area contributed by atoms with Gasteiger partial charge in [-0.2, -0.15) is 5.10 Å². The average molecular weight is 248 g/mol. The molecule has 2 rings (SSSR count). The number of nitrogens with zero attached hydrogens (tertiary/aromatic N) is 2. The van der Waals surface area contributed by atoms with Gasteiger partial charge in [0.2, 0.25) is 0 Å². The highest BCUT2D eigenvalue weighted by atomic mass is 19.1. The topological polar surface area (TPSA) is 53.6 Å². The van der Waals surface area contributed by atoms with Crippen molar-refractivity contribution in [2.75, 3.05) is 6.54 Å². The van der Waals surface area contributed by atoms with Crippen LogP contribution in [0.3, 0.4) is 0 Å². The van der Waals surface area contributed by atoms with Crippen LogP contribution in [0.15, 0.2) is 18.5 Å². The number of benzene rings is 1. The summed E-state index contributed by atoms with van der Waals surface area (Å²) >= 11 is 0. The number of nitrogens with one attached hydrogen (secondary N) is 2. The summed E-state index contributed by atoms with van der Waals surface area (Å²) in [6.07, 6.45) is 1.43. The lowest BCUT2D eigenvalue weighted by atomic mass is 9.98. The Hall–Kier alpha value is -1.75. The second-order valence-corrected chi connectivity index (χ2v) is 4.34. The molecule has 0 saturated heterocycles. The molecular weight excluding hydrogens is 231 g/mol. The maximum Gasteiger partial charge on any atom is 0.146 e. The van der Waals surface area contributed by atoms with Crippen LogP contribution >= 0.6 is 0 Å². The number of H-pyrrole nitrogens is 1. The molecule has 0 radical (unpaired) electrons. The molecule has 0 amide bonds. The van der Waals surface area contributed by atoms with E-state index in [0.29, 0.717) is 11.4 Å². The maximum absolute atomic E-state index is 14.2. The first-order chi connectivity index (χ1) is 8.63. The van der Waals surface area contributed by atoms with Crippen molar-refractivity contribution < 1.29 is 4.39 Å². The van der Waals surface area contributed by atoms with Crippen LogP contribution in [-0.2, 0) is 0 Å². The number of halogens is 1. The zero-order valence-corrected chi connectivity index (χ0v) is 10.8. The predicted molar refractivity (Wildman–Crippen MR) is 67.8 cm³/mol. The van der Waals surface area contributed by atoms with E-state index < -0.39 is 0 Å². The number of hydrogen-bond acceptors (Lipinski definition) is 3. The molecule has 0 aliphatic heterocycles. The van der Waals surface area contributed by atoms with Crippen molar-refractivity contribution in [2.24, 2.45) is 0 Å². The molecule has 1 atom stereocenters. The second-order valence-electron chi connectivity index (χ2n) is 4.34. The minimum absolute atomic E-state index is 0.213. The summed E-state index contributed by atoms with van der Waals surface area (Å²) in [5.41, 5.74) is 2.45. The van der Waals surface area contributed by atoms with E-state index in [1.807, 2.05) is 26.8 Å². The van der Waals surface area contributed by atoms with E-state index in [0.717, 1.165) is 17.7 Å². The summed E-state index contributed by atoms with van der Waals surface area (Å²) in [4.78, 5) is 4.12. The van der Waals surface area contributed by atoms with Crippen LogP contribution in [0.4, 0.5) is 4.39 Å². The van der Waals surface area contributed by atoms with Crippen LogP contribution < -0.4 is 5.32 Å². The Kier molecular flexibility index (Phi) is 3.72. The largest absolute Gasteiger partial charge is 0.304 e. The third kappa shape index (κ3) is 2.41. The van der Waals surface area contributed by atoms with Crippen molar-refractivity contribution in [2.45, 2.75) is 26.8 Å². The van der Waals surface area contributed by atoms with Gasteiger partial charge in [-0.25, -0.2) is 9.37 Å². The first kappa shape index (κ1) is 12.7. The van der Waals surface area contributed by atoms with Gasteiger partial charge in [0.1, 0.15) is 18.0 Å². The smallest absolute Gasteiger partial charge is 0.146 e. The summed E-state index contributed by atoms with van der Waals surface area (Å²) in [6.45, 7) is 6.49. The fourth-order valence-electron chi connectivity index (χ4n) is 2.19. The van der Waals surface area contributed by atoms with Crippen molar-refractivity contribution in [3.8, 4) is 0 Å². The van der Waals surface area contributed by atoms with Crippen LogP contribution in [0.2, 0.25) is 0 Å². The quantitative estimate of drug-likeness (QED) is 0.872. The summed E-state index contributed by atoms with van der Waals surface area (Å²) in [7, 11) is 0. The van der Waals surface area contributed by atoms with E-state index in [-0.39, 0.29) is 11.9 Å². The molecule has 0 bridgehead atoms. The normalized spacial score (nSPS) is 12.7. The van der Waals surface area contributed by atoms with Gasteiger partial charge in [0, 0.05) is 5.56 Å². The van der Waals surface area contributed by atoms with Gasteiger partial charge in [0.25, 0.3) is 0 Å². The molecule has 0 fully saturated rings. The monoisotopic (exact) mass is 248 g/mol. The number of aromatic amines is 1. The van der Waals surface area contributed by atoms with Crippen LogP contribution in [0.5, 0.6) is 0 Å². The van der Waals surface area contributed by atoms with E-state index in [9.17, 15) is 4.39 Å². The van der Waals surface area contributed by atoms with Gasteiger partial charge in [0.05, 0.1) is 6.04 Å². The zero-order chi connectivity index (χ0) is 13.1. The fraction of sp³-hybridized carbons (Fsp3) is 0.385. The fourth-order valence-corrected chi connectivity index (χ4v) is 2.19. The highest BCUT2D eigenvalue weighted by Crippen LogP contribution is 2.26. The number of aromatic nitrogens is 3. The van der Waals surface area contributed by atoms with Crippen molar-refractivity contribution in [3.63, 3.8) is 0 Å². The molecule has 5 heteroatoms. The van der Waals surface area contributed by atoms with E-state index in [4.69, 9.17) is 0 Å². The molecule has 0 spiro atoms. The highest BCUT2D eigenvalue weighted by Gasteiger charge is 2.21. The van der Waals surface area contributed by atoms with Crippen molar-refractivity contribution in [1.82, 2.24) is 20.5 Å². The summed E-state index contributed by atoms with van der Waals surface area (Å²) in [5.74, 6) is 0.414. The first-order valence-corrected chi connectivity index (χ1v) is 5.98. The lowest BCUT2D eigenvalue weighted by Gasteiger charge is -2.19. The Morgan fingerprint density at radius 3 is 2.72 bits per heavy atom. The Labute approximate surface area is 106 Å². The van der Waals surface area contributed by atoms with Crippen molar-refractivity contribution in [3.05, 3.63) is 46.8 Å². The average Bonchev–Trinajstić information content (AvgIpc) is 2.79. The molecule has 2 N–H and O–H groups in total. The van der Waals surface area contributed by atoms with Crippen LogP contribution in [0.25, 0.3) is 0 Å². The Bertz CT molecular complexity index is 499. The van der Waals surface area contributed by atoms with Gasteiger partial charge in [-0.15, -0.1) is 0 Å². The molecule has 2 aromatic rings. The molecule has 18 heavy (non-hydrogen) atoms. The van der Waals surface area contributed by atoms with E-state index in [2.05, 4.69) is 20.5 Å². The molecule has 1 aromatic carbocycles. The third-order valence-electron chi connectivity index (χ3n) is 2.88. The maximum atomic E-state index is 14.2. The van der Waals surface area contributed by atoms with E-state index in [1.54, 1.807) is 6.07 Å². The van der Waals surface area contributed by atoms with Gasteiger partial charge in [0.15, 0.2) is 0 Å². The molecule has 0 saturated carbocycles. The van der Waals surface area contributed by atoms with Gasteiger partial charge < -0.3 is 5.32 Å². The third-order valence-corrected chi connectivity index (χ3v) is 2.88. The highest BCUT2D eigenvalue weighted by molar-refractivity contribution is 5.37. The minimum atomic E-state index is -0.293. The Balaban J connectivity index is 2.49. The second kappa shape index (κ2) is 5.27. The molecular formula is C13H17FN4. The van der Waals surface area contributed by atoms with Gasteiger partial charge >= 0.3 is 0 Å². The SMILES string of the molecule is CCNC(c1ncn[nH]1)c1c(C)cc(C)cc1F. The summed E-state index contributed by atoms with van der Waals surface area (Å²) < 4.78 is 14.2. The molecule has 0 aliphatic rings. The summed E-state index contributed by atoms with van der Waals surface area (Å²) in [6, 6.07) is 3.22. The lowest BCUT2D eigenvalue weighted by molar-refractivity contribution is 0.540. The standard InChI is InChI=1S/C13H17FN4/c1-4-15-12(13-16-7-17-18-13)11-9(3)5-8(2)6-10(11)14/h5-7,12,15H,4H2,1-3H3,(H,16,17,18). The van der Waals surface area contributed by atoms with Gasteiger partial charge in [-0.3, -0.25) is 5.10 Å². The first-order valence-electron chi connectivity index (χ1n) is 5.98. The molecule has 1 heterocycles. The minimum Gasteiger partial charge on any atom is -0.304 e. The lowest BCUT2D eigenvalue weighted by Crippen LogP contribution is -2.25. The number of hydrogen-bond donors (Lipinski definition) is 2. The van der Waals surface area contributed by atoms with Crippen LogP contribution in [-0.4, -0.2) is 21.7 Å². The number of aryl methyl sites for hydroxylation is 2. The number of rotatable bonds is 4. The van der Waals surface area contributed by atoms with Gasteiger partial charge in [-0.1, -0.05) is 13.0 Å². The van der Waals surface area contributed by atoms with E-state index in [1.165, 1.54) is 6.33 Å². The molecule has 1 unspecified atom stereocenters. The van der Waals surface area contributed by atoms with Crippen LogP contribution in [0, 0.1) is 19.7 Å². The zero-order valence-electron chi connectivity index (χ0n) is 10.8. The Morgan fingerprint density at radius 2 is 2.17 bits per heavy atom. The molecule has 1 aromatic heterocycles. The summed E-state index contributed by atoms with van der Waals surface area (Å²) in [5, 5.41) is 9.86. The Morgan fingerprint density at radius 1 is 1.39 bits per heavy atom. The van der Waals surface area contributed by atoms with Crippen molar-refractivity contribution >= 4 is 0 Å². The molecule has 0 aliphatic carbocycles. The molecule has 96 valence electrons. The van der Waals surface area contributed by atoms with Crippen LogP contribution in [0.1, 0.15) is 35.5 Å². The van der Waals surface area contributed by atoms with Gasteiger partial charge in [-0.05, 0) is 37.6 Å².